The Morgan fingerprint density at radius 3 is 2.71 bits per heavy atom. The monoisotopic (exact) mass is 234 g/mol. The van der Waals surface area contributed by atoms with E-state index in [9.17, 15) is 4.39 Å². The minimum atomic E-state index is -0.467. The van der Waals surface area contributed by atoms with E-state index in [1.165, 1.54) is 6.07 Å². The second-order valence-electron chi connectivity index (χ2n) is 4.05. The van der Waals surface area contributed by atoms with Crippen molar-refractivity contribution in [2.24, 2.45) is 5.84 Å². The molecule has 17 heavy (non-hydrogen) atoms. The van der Waals surface area contributed by atoms with Crippen LogP contribution >= 0.6 is 0 Å². The third-order valence-electron chi connectivity index (χ3n) is 2.73. The molecule has 0 bridgehead atoms. The van der Waals surface area contributed by atoms with Crippen molar-refractivity contribution >= 4 is 0 Å². The second-order valence-corrected chi connectivity index (χ2v) is 4.05. The maximum Gasteiger partial charge on any atom is 0.129 e. The number of aromatic amines is 1. The van der Waals surface area contributed by atoms with Gasteiger partial charge in [0, 0.05) is 18.0 Å². The average Bonchev–Trinajstić information content (AvgIpc) is 2.76. The van der Waals surface area contributed by atoms with Gasteiger partial charge in [-0.05, 0) is 31.0 Å². The average molecular weight is 234 g/mol. The van der Waals surface area contributed by atoms with Crippen LogP contribution in [0.5, 0.6) is 0 Å². The van der Waals surface area contributed by atoms with Crippen molar-refractivity contribution in [3.8, 4) is 0 Å². The molecule has 1 unspecified atom stereocenters. The van der Waals surface area contributed by atoms with Gasteiger partial charge < -0.3 is 4.98 Å². The summed E-state index contributed by atoms with van der Waals surface area (Å²) < 4.78 is 14.0. The van der Waals surface area contributed by atoms with Crippen molar-refractivity contribution in [2.45, 2.75) is 19.9 Å². The molecular weight excluding hydrogens is 219 g/mol. The van der Waals surface area contributed by atoms with Crippen molar-refractivity contribution in [3.05, 3.63) is 52.9 Å². The summed E-state index contributed by atoms with van der Waals surface area (Å²) in [6.45, 7) is 3.72. The maximum atomic E-state index is 14.0. The first-order chi connectivity index (χ1) is 8.13. The van der Waals surface area contributed by atoms with E-state index in [-0.39, 0.29) is 5.82 Å². The summed E-state index contributed by atoms with van der Waals surface area (Å²) in [6.07, 6.45) is 3.29. The van der Waals surface area contributed by atoms with Gasteiger partial charge in [-0.2, -0.15) is 0 Å². The molecule has 0 saturated carbocycles. The lowest BCUT2D eigenvalue weighted by molar-refractivity contribution is 0.543. The zero-order chi connectivity index (χ0) is 12.4. The molecule has 0 aliphatic carbocycles. The summed E-state index contributed by atoms with van der Waals surface area (Å²) >= 11 is 0. The van der Waals surface area contributed by atoms with Crippen LogP contribution in [0, 0.1) is 19.7 Å². The van der Waals surface area contributed by atoms with Crippen LogP contribution in [0.4, 0.5) is 4.39 Å². The van der Waals surface area contributed by atoms with Crippen molar-refractivity contribution in [1.82, 2.24) is 15.4 Å². The topological polar surface area (TPSA) is 66.7 Å². The fourth-order valence-corrected chi connectivity index (χ4v) is 2.03. The number of benzene rings is 1. The number of halogens is 1. The molecule has 1 aromatic heterocycles. The van der Waals surface area contributed by atoms with Crippen LogP contribution in [0.25, 0.3) is 0 Å². The lowest BCUT2D eigenvalue weighted by Gasteiger charge is -2.17. The van der Waals surface area contributed by atoms with Crippen molar-refractivity contribution in [2.75, 3.05) is 0 Å². The number of rotatable bonds is 3. The third kappa shape index (κ3) is 2.20. The van der Waals surface area contributed by atoms with Gasteiger partial charge in [0.1, 0.15) is 17.7 Å². The smallest absolute Gasteiger partial charge is 0.129 e. The summed E-state index contributed by atoms with van der Waals surface area (Å²) in [4.78, 5) is 7.04. The summed E-state index contributed by atoms with van der Waals surface area (Å²) in [5.41, 5.74) is 4.85. The molecule has 0 saturated heterocycles. The Kier molecular flexibility index (Phi) is 3.21. The second kappa shape index (κ2) is 4.65. The summed E-state index contributed by atoms with van der Waals surface area (Å²) in [5.74, 6) is 5.81. The molecule has 0 aliphatic heterocycles. The SMILES string of the molecule is Cc1cc(C)c(C(NN)c2ncc[nH]2)c(F)c1. The van der Waals surface area contributed by atoms with Gasteiger partial charge in [-0.1, -0.05) is 6.07 Å². The van der Waals surface area contributed by atoms with Gasteiger partial charge in [-0.15, -0.1) is 0 Å². The summed E-state index contributed by atoms with van der Waals surface area (Å²) in [6, 6.07) is 2.95. The molecular formula is C12H15FN4. The minimum Gasteiger partial charge on any atom is -0.347 e. The third-order valence-corrected chi connectivity index (χ3v) is 2.73. The Labute approximate surface area is 99.0 Å². The quantitative estimate of drug-likeness (QED) is 0.559. The zero-order valence-electron chi connectivity index (χ0n) is 9.79. The molecule has 4 nitrogen and oxygen atoms in total. The Hall–Kier alpha value is -1.72. The number of nitrogens with zero attached hydrogens (tertiary/aromatic N) is 1. The molecule has 5 heteroatoms. The number of aryl methyl sites for hydroxylation is 2. The molecule has 0 spiro atoms. The van der Waals surface area contributed by atoms with E-state index in [0.29, 0.717) is 11.4 Å². The summed E-state index contributed by atoms with van der Waals surface area (Å²) in [5, 5.41) is 0. The van der Waals surface area contributed by atoms with Crippen LogP contribution in [-0.4, -0.2) is 9.97 Å². The van der Waals surface area contributed by atoms with E-state index in [4.69, 9.17) is 5.84 Å². The van der Waals surface area contributed by atoms with E-state index < -0.39 is 6.04 Å². The molecule has 1 atom stereocenters. The van der Waals surface area contributed by atoms with Crippen molar-refractivity contribution < 1.29 is 4.39 Å². The number of nitrogens with one attached hydrogen (secondary N) is 2. The Morgan fingerprint density at radius 2 is 2.18 bits per heavy atom. The van der Waals surface area contributed by atoms with Gasteiger partial charge in [-0.3, -0.25) is 5.84 Å². The van der Waals surface area contributed by atoms with Gasteiger partial charge in [0.15, 0.2) is 0 Å². The van der Waals surface area contributed by atoms with Crippen molar-refractivity contribution in [3.63, 3.8) is 0 Å². The van der Waals surface area contributed by atoms with Crippen LogP contribution in [0.15, 0.2) is 24.5 Å². The van der Waals surface area contributed by atoms with Crippen LogP contribution < -0.4 is 11.3 Å². The molecule has 1 aromatic carbocycles. The highest BCUT2D eigenvalue weighted by molar-refractivity contribution is 5.37. The highest BCUT2D eigenvalue weighted by Crippen LogP contribution is 2.25. The number of nitrogens with two attached hydrogens (primary N) is 1. The van der Waals surface area contributed by atoms with E-state index in [2.05, 4.69) is 15.4 Å². The van der Waals surface area contributed by atoms with E-state index in [1.54, 1.807) is 12.4 Å². The highest BCUT2D eigenvalue weighted by Gasteiger charge is 2.21. The number of H-pyrrole nitrogens is 1. The normalized spacial score (nSPS) is 12.7. The number of imidazole rings is 1. The van der Waals surface area contributed by atoms with E-state index >= 15 is 0 Å². The number of hydrogen-bond acceptors (Lipinski definition) is 3. The van der Waals surface area contributed by atoms with E-state index in [0.717, 1.165) is 11.1 Å². The highest BCUT2D eigenvalue weighted by atomic mass is 19.1. The minimum absolute atomic E-state index is 0.276. The molecule has 0 amide bonds. The van der Waals surface area contributed by atoms with Gasteiger partial charge in [-0.25, -0.2) is 14.8 Å². The Morgan fingerprint density at radius 1 is 1.41 bits per heavy atom. The first-order valence-electron chi connectivity index (χ1n) is 5.35. The molecule has 2 aromatic rings. The zero-order valence-corrected chi connectivity index (χ0v) is 9.79. The molecule has 4 N–H and O–H groups in total. The molecule has 0 aliphatic rings. The van der Waals surface area contributed by atoms with E-state index in [1.807, 2.05) is 19.9 Å². The molecule has 2 rings (SSSR count). The van der Waals surface area contributed by atoms with Crippen LogP contribution in [0.3, 0.4) is 0 Å². The molecule has 0 fully saturated rings. The molecule has 0 radical (unpaired) electrons. The number of hydrogen-bond donors (Lipinski definition) is 3. The molecule has 90 valence electrons. The lowest BCUT2D eigenvalue weighted by Crippen LogP contribution is -2.31. The molecule has 1 heterocycles. The Bertz CT molecular complexity index is 484. The van der Waals surface area contributed by atoms with Crippen LogP contribution in [0.2, 0.25) is 0 Å². The number of aromatic nitrogens is 2. The first kappa shape index (κ1) is 11.8. The predicted molar refractivity (Wildman–Crippen MR) is 63.6 cm³/mol. The first-order valence-corrected chi connectivity index (χ1v) is 5.35. The fourth-order valence-electron chi connectivity index (χ4n) is 2.03. The maximum absolute atomic E-state index is 14.0. The standard InChI is InChI=1S/C12H15FN4/c1-7-5-8(2)10(9(13)6-7)11(17-14)12-15-3-4-16-12/h3-6,11,17H,14H2,1-2H3,(H,15,16). The largest absolute Gasteiger partial charge is 0.347 e. The lowest BCUT2D eigenvalue weighted by atomic mass is 9.98. The Balaban J connectivity index is 2.52. The van der Waals surface area contributed by atoms with Crippen LogP contribution in [0.1, 0.15) is 28.6 Å². The van der Waals surface area contributed by atoms with Crippen molar-refractivity contribution in [1.29, 1.82) is 0 Å². The van der Waals surface area contributed by atoms with Gasteiger partial charge >= 0.3 is 0 Å². The van der Waals surface area contributed by atoms with Gasteiger partial charge in [0.25, 0.3) is 0 Å². The van der Waals surface area contributed by atoms with Gasteiger partial charge in [0.2, 0.25) is 0 Å². The van der Waals surface area contributed by atoms with Crippen LogP contribution in [-0.2, 0) is 0 Å². The predicted octanol–water partition coefficient (Wildman–Crippen LogP) is 1.72. The van der Waals surface area contributed by atoms with Gasteiger partial charge in [0.05, 0.1) is 0 Å². The summed E-state index contributed by atoms with van der Waals surface area (Å²) in [7, 11) is 0. The fraction of sp³-hybridized carbons (Fsp3) is 0.250. The number of hydrazine groups is 1.